The van der Waals surface area contributed by atoms with Gasteiger partial charge < -0.3 is 4.90 Å². The number of fused-ring (bicyclic) bond motifs is 1. The summed E-state index contributed by atoms with van der Waals surface area (Å²) in [6.45, 7) is 3.87. The third-order valence-electron chi connectivity index (χ3n) is 6.58. The molecule has 1 aromatic heterocycles. The van der Waals surface area contributed by atoms with Gasteiger partial charge in [-0.15, -0.1) is 0 Å². The minimum absolute atomic E-state index is 0.0173. The molecule has 1 fully saturated rings. The Balaban J connectivity index is 1.44. The number of nitrogens with zero attached hydrogens (tertiary/aromatic N) is 5. The van der Waals surface area contributed by atoms with Gasteiger partial charge in [0, 0.05) is 26.2 Å². The second-order valence-electron chi connectivity index (χ2n) is 8.58. The van der Waals surface area contributed by atoms with Gasteiger partial charge in [-0.2, -0.15) is 14.7 Å². The van der Waals surface area contributed by atoms with Crippen molar-refractivity contribution in [2.24, 2.45) is 0 Å². The number of carbonyl (C=O) groups excluding carboxylic acids is 1. The van der Waals surface area contributed by atoms with Crippen LogP contribution in [0.3, 0.4) is 0 Å². The highest BCUT2D eigenvalue weighted by Crippen LogP contribution is 2.26. The molecule has 9 nitrogen and oxygen atoms in total. The molecule has 1 aliphatic heterocycles. The van der Waals surface area contributed by atoms with Gasteiger partial charge in [-0.05, 0) is 68.4 Å². The lowest BCUT2D eigenvalue weighted by Gasteiger charge is -2.34. The standard InChI is InChI=1S/C23H27N5O4S/c1-16-17(2)25-28(23(30)21(16)14-24)15-22(29)26-9-11-27(12-10-26)33(31,32)20-8-7-18-5-3-4-6-19(18)13-20/h7-8,13H,3-6,9-12,15H2,1-2H3. The third kappa shape index (κ3) is 4.43. The summed E-state index contributed by atoms with van der Waals surface area (Å²) >= 11 is 0. The molecular formula is C23H27N5O4S. The van der Waals surface area contributed by atoms with Crippen molar-refractivity contribution < 1.29 is 13.2 Å². The van der Waals surface area contributed by atoms with Crippen LogP contribution >= 0.6 is 0 Å². The van der Waals surface area contributed by atoms with Crippen molar-refractivity contribution in [3.8, 4) is 6.07 Å². The van der Waals surface area contributed by atoms with E-state index in [2.05, 4.69) is 5.10 Å². The Bertz CT molecular complexity index is 1300. The quantitative estimate of drug-likeness (QED) is 0.663. The first-order valence-corrected chi connectivity index (χ1v) is 12.5. The maximum Gasteiger partial charge on any atom is 0.285 e. The van der Waals surface area contributed by atoms with Crippen LogP contribution in [0.5, 0.6) is 0 Å². The van der Waals surface area contributed by atoms with E-state index < -0.39 is 15.6 Å². The maximum atomic E-state index is 13.2. The van der Waals surface area contributed by atoms with Crippen LogP contribution in [0.2, 0.25) is 0 Å². The number of hydrogen-bond acceptors (Lipinski definition) is 6. The van der Waals surface area contributed by atoms with Crippen LogP contribution in [0.25, 0.3) is 0 Å². The Labute approximate surface area is 193 Å². The summed E-state index contributed by atoms with van der Waals surface area (Å²) in [6.07, 6.45) is 4.10. The first-order chi connectivity index (χ1) is 15.7. The van der Waals surface area contributed by atoms with Crippen molar-refractivity contribution in [3.05, 3.63) is 56.5 Å². The second-order valence-corrected chi connectivity index (χ2v) is 10.5. The predicted molar refractivity (Wildman–Crippen MR) is 121 cm³/mol. The lowest BCUT2D eigenvalue weighted by Crippen LogP contribution is -2.51. The maximum absolute atomic E-state index is 13.2. The monoisotopic (exact) mass is 469 g/mol. The Morgan fingerprint density at radius 2 is 1.76 bits per heavy atom. The number of nitriles is 1. The number of piperazine rings is 1. The molecule has 0 spiro atoms. The molecule has 4 rings (SSSR count). The zero-order chi connectivity index (χ0) is 23.8. The fourth-order valence-corrected chi connectivity index (χ4v) is 5.91. The summed E-state index contributed by atoms with van der Waals surface area (Å²) in [5.74, 6) is -0.331. The minimum Gasteiger partial charge on any atom is -0.338 e. The molecule has 0 bridgehead atoms. The summed E-state index contributed by atoms with van der Waals surface area (Å²) in [4.78, 5) is 27.1. The fourth-order valence-electron chi connectivity index (χ4n) is 4.44. The van der Waals surface area contributed by atoms with Gasteiger partial charge >= 0.3 is 0 Å². The average Bonchev–Trinajstić information content (AvgIpc) is 2.82. The molecule has 2 aromatic rings. The van der Waals surface area contributed by atoms with Gasteiger partial charge in [0.2, 0.25) is 15.9 Å². The van der Waals surface area contributed by atoms with E-state index in [1.807, 2.05) is 12.1 Å². The predicted octanol–water partition coefficient (Wildman–Crippen LogP) is 1.14. The lowest BCUT2D eigenvalue weighted by molar-refractivity contribution is -0.133. The number of aromatic nitrogens is 2. The molecule has 1 aliphatic carbocycles. The van der Waals surface area contributed by atoms with E-state index in [0.29, 0.717) is 16.2 Å². The molecule has 1 saturated heterocycles. The smallest absolute Gasteiger partial charge is 0.285 e. The van der Waals surface area contributed by atoms with Gasteiger partial charge in [-0.3, -0.25) is 9.59 Å². The number of benzene rings is 1. The Hall–Kier alpha value is -3.03. The van der Waals surface area contributed by atoms with E-state index in [1.54, 1.807) is 26.0 Å². The number of hydrogen-bond donors (Lipinski definition) is 0. The van der Waals surface area contributed by atoms with Gasteiger partial charge in [0.05, 0.1) is 10.6 Å². The Morgan fingerprint density at radius 3 is 2.42 bits per heavy atom. The Morgan fingerprint density at radius 1 is 1.09 bits per heavy atom. The highest BCUT2D eigenvalue weighted by molar-refractivity contribution is 7.89. The number of sulfonamides is 1. The van der Waals surface area contributed by atoms with Crippen molar-refractivity contribution in [2.45, 2.75) is 51.0 Å². The van der Waals surface area contributed by atoms with Crippen LogP contribution in [0.4, 0.5) is 0 Å². The first-order valence-electron chi connectivity index (χ1n) is 11.1. The van der Waals surface area contributed by atoms with E-state index in [4.69, 9.17) is 0 Å². The highest BCUT2D eigenvalue weighted by atomic mass is 32.2. The molecule has 2 aliphatic rings. The summed E-state index contributed by atoms with van der Waals surface area (Å²) < 4.78 is 28.7. The topological polar surface area (TPSA) is 116 Å². The summed E-state index contributed by atoms with van der Waals surface area (Å²) in [7, 11) is -3.64. The van der Waals surface area contributed by atoms with Crippen molar-refractivity contribution in [3.63, 3.8) is 0 Å². The van der Waals surface area contributed by atoms with Crippen LogP contribution in [-0.4, -0.2) is 59.5 Å². The molecule has 0 unspecified atom stereocenters. The molecule has 2 heterocycles. The van der Waals surface area contributed by atoms with Crippen LogP contribution in [0.15, 0.2) is 27.9 Å². The van der Waals surface area contributed by atoms with Gasteiger partial charge in [-0.25, -0.2) is 13.1 Å². The molecule has 33 heavy (non-hydrogen) atoms. The molecule has 10 heteroatoms. The number of rotatable bonds is 4. The molecular weight excluding hydrogens is 442 g/mol. The second kappa shape index (κ2) is 9.08. The van der Waals surface area contributed by atoms with E-state index in [9.17, 15) is 23.3 Å². The zero-order valence-electron chi connectivity index (χ0n) is 18.9. The van der Waals surface area contributed by atoms with E-state index >= 15 is 0 Å². The van der Waals surface area contributed by atoms with E-state index in [0.717, 1.165) is 35.9 Å². The Kier molecular flexibility index (Phi) is 6.36. The molecule has 1 aromatic carbocycles. The lowest BCUT2D eigenvalue weighted by atomic mass is 9.92. The molecule has 0 saturated carbocycles. The first kappa shape index (κ1) is 23.1. The van der Waals surface area contributed by atoms with Crippen LogP contribution < -0.4 is 5.56 Å². The van der Waals surface area contributed by atoms with Gasteiger partial charge in [-0.1, -0.05) is 6.07 Å². The van der Waals surface area contributed by atoms with Crippen molar-refractivity contribution >= 4 is 15.9 Å². The summed E-state index contributed by atoms with van der Waals surface area (Å²) in [6, 6.07) is 7.28. The van der Waals surface area contributed by atoms with Gasteiger partial charge in [0.15, 0.2) is 0 Å². The van der Waals surface area contributed by atoms with Crippen LogP contribution in [-0.2, 0) is 34.2 Å². The van der Waals surface area contributed by atoms with Crippen LogP contribution in [0, 0.1) is 25.2 Å². The van der Waals surface area contributed by atoms with E-state index in [-0.39, 0.29) is 44.2 Å². The van der Waals surface area contributed by atoms with E-state index in [1.165, 1.54) is 14.8 Å². The van der Waals surface area contributed by atoms with Gasteiger partial charge in [0.25, 0.3) is 5.56 Å². The van der Waals surface area contributed by atoms with Crippen molar-refractivity contribution in [2.75, 3.05) is 26.2 Å². The largest absolute Gasteiger partial charge is 0.338 e. The van der Waals surface area contributed by atoms with Crippen LogP contribution in [0.1, 0.15) is 40.8 Å². The third-order valence-corrected chi connectivity index (χ3v) is 8.48. The zero-order valence-corrected chi connectivity index (χ0v) is 19.7. The number of aryl methyl sites for hydroxylation is 3. The number of carbonyl (C=O) groups is 1. The van der Waals surface area contributed by atoms with Crippen molar-refractivity contribution in [1.29, 1.82) is 5.26 Å². The molecule has 0 N–H and O–H groups in total. The normalized spacial score (nSPS) is 16.8. The summed E-state index contributed by atoms with van der Waals surface area (Å²) in [5.41, 5.74) is 2.75. The number of amides is 1. The molecule has 0 radical (unpaired) electrons. The molecule has 174 valence electrons. The van der Waals surface area contributed by atoms with Gasteiger partial charge in [0.1, 0.15) is 18.2 Å². The average molecular weight is 470 g/mol. The van der Waals surface area contributed by atoms with Crippen molar-refractivity contribution in [1.82, 2.24) is 19.0 Å². The highest BCUT2D eigenvalue weighted by Gasteiger charge is 2.31. The minimum atomic E-state index is -3.64. The molecule has 0 atom stereocenters. The summed E-state index contributed by atoms with van der Waals surface area (Å²) in [5, 5.41) is 13.4. The SMILES string of the molecule is Cc1nn(CC(=O)N2CCN(S(=O)(=O)c3ccc4c(c3)CCCC4)CC2)c(=O)c(C#N)c1C. The molecule has 1 amide bonds. The fraction of sp³-hybridized carbons (Fsp3) is 0.478.